The van der Waals surface area contributed by atoms with E-state index in [9.17, 15) is 19.6 Å². The largest absolute Gasteiger partial charge is 0.368 e. The van der Waals surface area contributed by atoms with Crippen LogP contribution in [0.3, 0.4) is 0 Å². The molecule has 1 fully saturated rings. The average Bonchev–Trinajstić information content (AvgIpc) is 2.21. The number of hydrogen-bond donors (Lipinski definition) is 3. The molecule has 4 N–H and O–H groups in total. The van der Waals surface area contributed by atoms with Crippen LogP contribution in [-0.2, 0) is 59.7 Å². The summed E-state index contributed by atoms with van der Waals surface area (Å²) in [6.45, 7) is 8.45. The van der Waals surface area contributed by atoms with Gasteiger partial charge < -0.3 is 45.7 Å². The molecule has 0 bridgehead atoms. The molecule has 0 radical (unpaired) electrons. The van der Waals surface area contributed by atoms with E-state index in [1.54, 1.807) is 6.92 Å². The van der Waals surface area contributed by atoms with Crippen LogP contribution in [0.1, 0.15) is 99.8 Å². The molecule has 0 saturated carbocycles. The molecule has 6 aromatic rings. The van der Waals surface area contributed by atoms with Crippen molar-refractivity contribution in [3.63, 3.8) is 0 Å². The molecule has 0 unspecified atom stereocenters. The monoisotopic (exact) mass is 1140 g/mol. The van der Waals surface area contributed by atoms with Gasteiger partial charge in [-0.25, -0.2) is 0 Å². The highest BCUT2D eigenvalue weighted by Gasteiger charge is 2.48. The number of carbonyl (C=O) groups excluding carboxylic acids is 7. The molecular weight excluding hydrogens is 1060 g/mol. The summed E-state index contributed by atoms with van der Waals surface area (Å²) in [5.41, 5.74) is 8.64. The summed E-state index contributed by atoms with van der Waals surface area (Å²) in [6.07, 6.45) is 0.472. The molecule has 1 heterocycles. The van der Waals surface area contributed by atoms with Gasteiger partial charge in [0.25, 0.3) is 0 Å². The van der Waals surface area contributed by atoms with Crippen LogP contribution in [0.4, 0.5) is 0 Å². The van der Waals surface area contributed by atoms with Gasteiger partial charge in [0.05, 0.1) is 19.1 Å². The molecule has 17 heteroatoms. The summed E-state index contributed by atoms with van der Waals surface area (Å²) in [7, 11) is 0. The normalized spacial score (nSPS) is 14.5. The third kappa shape index (κ3) is 18.0. The summed E-state index contributed by atoms with van der Waals surface area (Å²) < 4.78 is 0. The van der Waals surface area contributed by atoms with Gasteiger partial charge in [0, 0.05) is 49.3 Å². The highest BCUT2D eigenvalue weighted by Crippen LogP contribution is 2.39. The van der Waals surface area contributed by atoms with Crippen LogP contribution in [0.5, 0.6) is 0 Å². The molecule has 7 rings (SSSR count). The SMILES string of the molecule is C[C@H](NCC(=O)N(CC(=O)N(CC(=O)N(CC(=O)N(CC(=O)N(CC(=O)N(CC(N)=O)[C@@H](C)c1ccccc1)Cc1ccccc1)Cc1ccccc1)C1CC(C)(C)N(O)C(C)(C)C1)Cc1ccccc1)Cc1ccccc1)c1ccccc1. The standard InChI is InChI=1S/C67H81N9O8/c1-50(56-33-21-11-22-34-56)69-39-60(78)70(40-52-25-13-7-14-26-52)45-61(79)73(43-55-31-19-10-20-32-55)48-65(83)75(58-37-66(3,4)76(84)67(5,6)38-58)49-63(81)71(41-53-27-15-8-16-28-53)46-62(80)72(42-54-29-17-9-18-30-54)47-64(82)74(44-59(68)77)51(2)57-35-23-12-24-36-57/h7-36,50-51,58,69,84H,37-49H2,1-6H3,(H2,68,77)/t50-,51-/m0/s1. The van der Waals surface area contributed by atoms with Crippen molar-refractivity contribution in [1.82, 2.24) is 39.8 Å². The zero-order valence-corrected chi connectivity index (χ0v) is 49.3. The fourth-order valence-corrected chi connectivity index (χ4v) is 11.0. The number of nitrogens with one attached hydrogen (secondary N) is 1. The summed E-state index contributed by atoms with van der Waals surface area (Å²) in [4.78, 5) is 111. The Morgan fingerprint density at radius 3 is 1.17 bits per heavy atom. The highest BCUT2D eigenvalue weighted by atomic mass is 16.5. The van der Waals surface area contributed by atoms with Gasteiger partial charge in [-0.15, -0.1) is 0 Å². The lowest BCUT2D eigenvalue weighted by molar-refractivity contribution is -0.251. The minimum absolute atomic E-state index is 0.00152. The molecule has 84 heavy (non-hydrogen) atoms. The fourth-order valence-electron chi connectivity index (χ4n) is 11.0. The van der Waals surface area contributed by atoms with Crippen LogP contribution in [-0.4, -0.2) is 144 Å². The quantitative estimate of drug-likeness (QED) is 0.0458. The molecule has 7 amide bonds. The maximum atomic E-state index is 15.6. The van der Waals surface area contributed by atoms with E-state index in [2.05, 4.69) is 5.32 Å². The van der Waals surface area contributed by atoms with Crippen molar-refractivity contribution in [3.8, 4) is 0 Å². The number of hydrogen-bond acceptors (Lipinski definition) is 10. The van der Waals surface area contributed by atoms with Gasteiger partial charge in [-0.2, -0.15) is 5.06 Å². The average molecular weight is 1140 g/mol. The molecule has 6 aromatic carbocycles. The minimum Gasteiger partial charge on any atom is -0.368 e. The predicted octanol–water partition coefficient (Wildman–Crippen LogP) is 7.77. The zero-order valence-electron chi connectivity index (χ0n) is 49.3. The second-order valence-corrected chi connectivity index (χ2v) is 23.0. The highest BCUT2D eigenvalue weighted by molar-refractivity contribution is 5.93. The first-order valence-electron chi connectivity index (χ1n) is 28.6. The Bertz CT molecular complexity index is 3100. The molecule has 0 aromatic heterocycles. The Balaban J connectivity index is 1.21. The Kier molecular flexibility index (Phi) is 22.3. The van der Waals surface area contributed by atoms with Gasteiger partial charge in [0.2, 0.25) is 41.4 Å². The Labute approximate surface area is 494 Å². The van der Waals surface area contributed by atoms with Crippen molar-refractivity contribution in [2.45, 2.75) is 110 Å². The molecule has 0 spiro atoms. The van der Waals surface area contributed by atoms with Gasteiger partial charge in [-0.05, 0) is 87.8 Å². The number of amides is 7. The van der Waals surface area contributed by atoms with Gasteiger partial charge >= 0.3 is 0 Å². The third-order valence-corrected chi connectivity index (χ3v) is 15.5. The van der Waals surface area contributed by atoms with Gasteiger partial charge in [0.1, 0.15) is 32.7 Å². The molecule has 17 nitrogen and oxygen atoms in total. The number of hydroxylamine groups is 2. The van der Waals surface area contributed by atoms with Crippen molar-refractivity contribution >= 4 is 41.4 Å². The Hall–Kier alpha value is -8.51. The van der Waals surface area contributed by atoms with Crippen molar-refractivity contribution in [3.05, 3.63) is 215 Å². The van der Waals surface area contributed by atoms with Crippen LogP contribution in [0.25, 0.3) is 0 Å². The van der Waals surface area contributed by atoms with Crippen LogP contribution in [0.15, 0.2) is 182 Å². The van der Waals surface area contributed by atoms with E-state index in [4.69, 9.17) is 5.73 Å². The van der Waals surface area contributed by atoms with Crippen LogP contribution >= 0.6 is 0 Å². The lowest BCUT2D eigenvalue weighted by atomic mass is 9.78. The molecule has 1 aliphatic rings. The van der Waals surface area contributed by atoms with Gasteiger partial charge in [-0.1, -0.05) is 182 Å². The first-order chi connectivity index (χ1) is 40.2. The number of carbonyl (C=O) groups is 7. The molecule has 1 saturated heterocycles. The van der Waals surface area contributed by atoms with Crippen molar-refractivity contribution < 1.29 is 38.8 Å². The molecule has 2 atom stereocenters. The first-order valence-corrected chi connectivity index (χ1v) is 28.6. The van der Waals surface area contributed by atoms with Gasteiger partial charge in [-0.3, -0.25) is 33.6 Å². The third-order valence-electron chi connectivity index (χ3n) is 15.5. The van der Waals surface area contributed by atoms with E-state index in [-0.39, 0.29) is 64.1 Å². The molecule has 1 aliphatic heterocycles. The Morgan fingerprint density at radius 1 is 0.464 bits per heavy atom. The van der Waals surface area contributed by atoms with Crippen molar-refractivity contribution in [2.75, 3.05) is 45.8 Å². The topological polar surface area (TPSA) is 200 Å². The van der Waals surface area contributed by atoms with E-state index in [1.807, 2.05) is 217 Å². The summed E-state index contributed by atoms with van der Waals surface area (Å²) >= 11 is 0. The summed E-state index contributed by atoms with van der Waals surface area (Å²) in [5, 5.41) is 16.1. The number of rotatable bonds is 27. The summed E-state index contributed by atoms with van der Waals surface area (Å²) in [6, 6.07) is 54.3. The number of primary amides is 1. The van der Waals surface area contributed by atoms with Crippen molar-refractivity contribution in [1.29, 1.82) is 0 Å². The van der Waals surface area contributed by atoms with E-state index in [0.29, 0.717) is 11.1 Å². The van der Waals surface area contributed by atoms with E-state index in [0.717, 1.165) is 22.3 Å². The lowest BCUT2D eigenvalue weighted by Gasteiger charge is -2.53. The van der Waals surface area contributed by atoms with Gasteiger partial charge in [0.15, 0.2) is 0 Å². The van der Waals surface area contributed by atoms with Crippen LogP contribution in [0.2, 0.25) is 0 Å². The zero-order chi connectivity index (χ0) is 60.4. The second kappa shape index (κ2) is 29.6. The number of nitrogens with two attached hydrogens (primary N) is 1. The second-order valence-electron chi connectivity index (χ2n) is 23.0. The lowest BCUT2D eigenvalue weighted by Crippen LogP contribution is -2.64. The fraction of sp³-hybridized carbons (Fsp3) is 0.358. The molecule has 0 aliphatic carbocycles. The minimum atomic E-state index is -0.886. The maximum Gasteiger partial charge on any atom is 0.243 e. The summed E-state index contributed by atoms with van der Waals surface area (Å²) in [5.74, 6) is -3.80. The maximum absolute atomic E-state index is 15.6. The molecule has 442 valence electrons. The number of nitrogens with zero attached hydrogens (tertiary/aromatic N) is 7. The first kappa shape index (κ1) is 63.1. The number of benzene rings is 6. The van der Waals surface area contributed by atoms with Crippen molar-refractivity contribution in [2.24, 2.45) is 5.73 Å². The molecular formula is C67H81N9O8. The van der Waals surface area contributed by atoms with E-state index < -0.39 is 91.3 Å². The Morgan fingerprint density at radius 2 is 0.786 bits per heavy atom. The van der Waals surface area contributed by atoms with Crippen LogP contribution < -0.4 is 11.1 Å². The van der Waals surface area contributed by atoms with E-state index >= 15 is 19.2 Å². The van der Waals surface area contributed by atoms with E-state index in [1.165, 1.54) is 34.5 Å². The predicted molar refractivity (Wildman–Crippen MR) is 323 cm³/mol. The number of piperidine rings is 1. The smallest absolute Gasteiger partial charge is 0.243 e. The van der Waals surface area contributed by atoms with Crippen LogP contribution in [0, 0.1) is 0 Å².